The zero-order valence-corrected chi connectivity index (χ0v) is 23.6. The molecule has 0 aliphatic rings. The molecular formula is C26H43N5O4S2. The summed E-state index contributed by atoms with van der Waals surface area (Å²) in [6.45, 7) is 2.26. The van der Waals surface area contributed by atoms with E-state index in [1.807, 2.05) is 0 Å². The number of benzene rings is 1. The van der Waals surface area contributed by atoms with Gasteiger partial charge in [-0.05, 0) is 36.8 Å². The van der Waals surface area contributed by atoms with Crippen molar-refractivity contribution in [2.45, 2.75) is 115 Å². The maximum absolute atomic E-state index is 12.4. The second-order valence-electron chi connectivity index (χ2n) is 9.55. The second-order valence-corrected chi connectivity index (χ2v) is 11.4. The first-order chi connectivity index (χ1) is 17.8. The summed E-state index contributed by atoms with van der Waals surface area (Å²) in [5.74, 6) is 0.626. The van der Waals surface area contributed by atoms with Crippen LogP contribution in [-0.2, 0) is 16.5 Å². The zero-order valence-electron chi connectivity index (χ0n) is 22.0. The highest BCUT2D eigenvalue weighted by Crippen LogP contribution is 2.16. The molecule has 4 N–H and O–H groups in total. The van der Waals surface area contributed by atoms with Crippen LogP contribution in [0.1, 0.15) is 109 Å². The van der Waals surface area contributed by atoms with E-state index in [4.69, 9.17) is 12.2 Å². The van der Waals surface area contributed by atoms with Crippen molar-refractivity contribution >= 4 is 34.1 Å². The molecule has 0 atom stereocenters. The number of nitrogens with one attached hydrogen (secondary N) is 3. The molecule has 0 aliphatic carbocycles. The fourth-order valence-corrected chi connectivity index (χ4v) is 4.98. The number of anilines is 1. The Bertz CT molecular complexity index is 1100. The summed E-state index contributed by atoms with van der Waals surface area (Å²) in [5.41, 5.74) is 2.84. The molecule has 2 rings (SSSR count). The first-order valence-electron chi connectivity index (χ1n) is 13.6. The molecule has 1 aromatic heterocycles. The highest BCUT2D eigenvalue weighted by molar-refractivity contribution is 7.85. The van der Waals surface area contributed by atoms with Crippen molar-refractivity contribution < 1.29 is 17.8 Å². The molecule has 1 aromatic carbocycles. The Morgan fingerprint density at radius 2 is 1.49 bits per heavy atom. The fraction of sp³-hybridized carbons (Fsp3) is 0.654. The molecule has 1 heterocycles. The molecule has 0 radical (unpaired) electrons. The molecule has 208 valence electrons. The number of unbranched alkanes of at least 4 members (excludes halogenated alkanes) is 14. The normalized spacial score (nSPS) is 11.5. The van der Waals surface area contributed by atoms with Gasteiger partial charge in [0.2, 0.25) is 4.77 Å². The number of carbonyl (C=O) groups is 1. The average Bonchev–Trinajstić information content (AvgIpc) is 3.20. The molecular weight excluding hydrogens is 510 g/mol. The van der Waals surface area contributed by atoms with Crippen molar-refractivity contribution in [1.82, 2.24) is 14.9 Å². The molecule has 0 saturated heterocycles. The molecule has 9 nitrogen and oxygen atoms in total. The fourth-order valence-electron chi connectivity index (χ4n) is 4.26. The molecule has 2 amide bonds. The molecule has 0 spiro atoms. The Morgan fingerprint density at radius 3 is 2.03 bits per heavy atom. The topological polar surface area (TPSA) is 129 Å². The van der Waals surface area contributed by atoms with Gasteiger partial charge in [-0.15, -0.1) is 0 Å². The van der Waals surface area contributed by atoms with Gasteiger partial charge in [0.1, 0.15) is 0 Å². The number of aromatic nitrogens is 3. The minimum Gasteiger partial charge on any atom is -0.307 e. The van der Waals surface area contributed by atoms with Gasteiger partial charge in [0.25, 0.3) is 10.1 Å². The van der Waals surface area contributed by atoms with Gasteiger partial charge in [0, 0.05) is 12.1 Å². The Kier molecular flexibility index (Phi) is 14.5. The van der Waals surface area contributed by atoms with Gasteiger partial charge in [-0.2, -0.15) is 13.5 Å². The van der Waals surface area contributed by atoms with Crippen LogP contribution in [0.5, 0.6) is 0 Å². The van der Waals surface area contributed by atoms with E-state index in [1.165, 1.54) is 112 Å². The van der Waals surface area contributed by atoms with Crippen LogP contribution in [0.4, 0.5) is 10.5 Å². The number of aryl methyl sites for hydroxylation is 1. The lowest BCUT2D eigenvalue weighted by Crippen LogP contribution is -2.29. The van der Waals surface area contributed by atoms with Crippen LogP contribution in [0.15, 0.2) is 29.2 Å². The summed E-state index contributed by atoms with van der Waals surface area (Å²) < 4.78 is 33.4. The molecule has 0 bridgehead atoms. The monoisotopic (exact) mass is 553 g/mol. The van der Waals surface area contributed by atoms with E-state index in [1.54, 1.807) is 0 Å². The minimum absolute atomic E-state index is 0.214. The number of hydrogen-bond donors (Lipinski definition) is 4. The number of amides is 2. The predicted octanol–water partition coefficient (Wildman–Crippen LogP) is 7.38. The predicted molar refractivity (Wildman–Crippen MR) is 151 cm³/mol. The number of urea groups is 1. The van der Waals surface area contributed by atoms with Crippen LogP contribution in [-0.4, -0.2) is 33.9 Å². The van der Waals surface area contributed by atoms with Crippen LogP contribution in [0.3, 0.4) is 0 Å². The van der Waals surface area contributed by atoms with Gasteiger partial charge in [-0.3, -0.25) is 9.65 Å². The summed E-state index contributed by atoms with van der Waals surface area (Å²) in [4.78, 5) is 12.1. The Labute approximate surface area is 226 Å². The SMILES string of the molecule is CCCCCCCCCCCCCCCCCc1n[nH]c(=S)n1NC(=O)Nc1cccc(S(=O)(=O)O)c1. The van der Waals surface area contributed by atoms with Crippen molar-refractivity contribution in [1.29, 1.82) is 0 Å². The summed E-state index contributed by atoms with van der Waals surface area (Å²) >= 11 is 5.23. The van der Waals surface area contributed by atoms with Crippen molar-refractivity contribution in [3.05, 3.63) is 34.9 Å². The van der Waals surface area contributed by atoms with Crippen LogP contribution in [0.25, 0.3) is 0 Å². The summed E-state index contributed by atoms with van der Waals surface area (Å²) in [6, 6.07) is 4.73. The lowest BCUT2D eigenvalue weighted by atomic mass is 10.0. The molecule has 37 heavy (non-hydrogen) atoms. The summed E-state index contributed by atoms with van der Waals surface area (Å²) in [6.07, 6.45) is 20.1. The Balaban J connectivity index is 1.60. The van der Waals surface area contributed by atoms with Crippen molar-refractivity contribution in [3.63, 3.8) is 0 Å². The van der Waals surface area contributed by atoms with E-state index in [2.05, 4.69) is 27.9 Å². The standard InChI is InChI=1S/C26H43N5O4S2/c1-2-3-4-5-6-7-8-9-10-11-12-13-14-15-16-20-24-28-29-26(36)31(24)30-25(32)27-22-18-17-19-23(21-22)37(33,34)35/h17-19,21H,2-16,20H2,1H3,(H,29,36)(H2,27,30,32)(H,33,34,35). The van der Waals surface area contributed by atoms with Crippen LogP contribution in [0, 0.1) is 4.77 Å². The third-order valence-electron chi connectivity index (χ3n) is 6.35. The number of carbonyl (C=O) groups excluding carboxylic acids is 1. The lowest BCUT2D eigenvalue weighted by molar-refractivity contribution is 0.259. The average molecular weight is 554 g/mol. The van der Waals surface area contributed by atoms with E-state index < -0.39 is 16.1 Å². The van der Waals surface area contributed by atoms with E-state index in [-0.39, 0.29) is 15.4 Å². The van der Waals surface area contributed by atoms with Gasteiger partial charge in [-0.1, -0.05) is 103 Å². The van der Waals surface area contributed by atoms with Crippen molar-refractivity contribution in [2.24, 2.45) is 0 Å². The largest absolute Gasteiger partial charge is 0.338 e. The third kappa shape index (κ3) is 12.7. The number of H-pyrrole nitrogens is 1. The van der Waals surface area contributed by atoms with Gasteiger partial charge >= 0.3 is 6.03 Å². The van der Waals surface area contributed by atoms with Crippen LogP contribution in [0.2, 0.25) is 0 Å². The molecule has 0 saturated carbocycles. The van der Waals surface area contributed by atoms with E-state index in [0.29, 0.717) is 12.2 Å². The first kappa shape index (κ1) is 31.0. The van der Waals surface area contributed by atoms with Gasteiger partial charge in [-0.25, -0.2) is 14.9 Å². The third-order valence-corrected chi connectivity index (χ3v) is 7.47. The van der Waals surface area contributed by atoms with Crippen molar-refractivity contribution in [3.8, 4) is 0 Å². The maximum Gasteiger partial charge on any atom is 0.338 e. The van der Waals surface area contributed by atoms with Gasteiger partial charge < -0.3 is 5.32 Å². The molecule has 2 aromatic rings. The first-order valence-corrected chi connectivity index (χ1v) is 15.5. The second kappa shape index (κ2) is 17.3. The zero-order chi connectivity index (χ0) is 26.9. The van der Waals surface area contributed by atoms with Crippen LogP contribution >= 0.6 is 12.2 Å². The minimum atomic E-state index is -4.36. The van der Waals surface area contributed by atoms with E-state index in [9.17, 15) is 17.8 Å². The smallest absolute Gasteiger partial charge is 0.307 e. The van der Waals surface area contributed by atoms with Gasteiger partial charge in [0.15, 0.2) is 5.82 Å². The lowest BCUT2D eigenvalue weighted by Gasteiger charge is -2.11. The highest BCUT2D eigenvalue weighted by Gasteiger charge is 2.13. The summed E-state index contributed by atoms with van der Waals surface area (Å²) in [7, 11) is -4.36. The van der Waals surface area contributed by atoms with Crippen LogP contribution < -0.4 is 10.7 Å². The highest BCUT2D eigenvalue weighted by atomic mass is 32.2. The molecule has 0 fully saturated rings. The van der Waals surface area contributed by atoms with E-state index >= 15 is 0 Å². The van der Waals surface area contributed by atoms with Crippen molar-refractivity contribution in [2.75, 3.05) is 10.7 Å². The summed E-state index contributed by atoms with van der Waals surface area (Å²) in [5, 5.41) is 9.45. The Hall–Kier alpha value is -2.24. The molecule has 0 aliphatic heterocycles. The maximum atomic E-state index is 12.4. The van der Waals surface area contributed by atoms with E-state index in [0.717, 1.165) is 12.8 Å². The van der Waals surface area contributed by atoms with Gasteiger partial charge in [0.05, 0.1) is 4.90 Å². The molecule has 11 heteroatoms. The number of rotatable bonds is 19. The Morgan fingerprint density at radius 1 is 0.946 bits per heavy atom. The quantitative estimate of drug-likeness (QED) is 0.0816. The number of hydrogen-bond acceptors (Lipinski definition) is 5. The number of nitrogens with zero attached hydrogens (tertiary/aromatic N) is 2. The number of aromatic amines is 1. The molecule has 0 unspecified atom stereocenters.